The molecule has 0 radical (unpaired) electrons. The fourth-order valence-electron chi connectivity index (χ4n) is 2.20. The molecule has 1 aromatic rings. The Morgan fingerprint density at radius 2 is 1.95 bits per heavy atom. The van der Waals surface area contributed by atoms with E-state index in [4.69, 9.17) is 4.74 Å². The minimum absolute atomic E-state index is 0.263. The Hall–Kier alpha value is -1.55. The maximum Gasteiger partial charge on any atom is 0.338 e. The molecule has 1 aliphatic heterocycles. The van der Waals surface area contributed by atoms with Gasteiger partial charge in [0.15, 0.2) is 0 Å². The number of rotatable bonds is 4. The number of piperidine rings is 1. The standard InChI is InChI=1S/C15H22N2O2/c1-3-19-15(18)13-4-6-14(7-5-13)16-17-10-8-12(2)9-11-17/h4-7,12,16H,3,8-11H2,1-2H3. The number of anilines is 1. The number of carbonyl (C=O) groups is 1. The van der Waals surface area contributed by atoms with Crippen LogP contribution in [0.1, 0.15) is 37.0 Å². The highest BCUT2D eigenvalue weighted by Crippen LogP contribution is 2.18. The molecule has 1 heterocycles. The van der Waals surface area contributed by atoms with Crippen LogP contribution in [0.5, 0.6) is 0 Å². The van der Waals surface area contributed by atoms with Crippen LogP contribution in [0.15, 0.2) is 24.3 Å². The zero-order chi connectivity index (χ0) is 13.7. The van der Waals surface area contributed by atoms with E-state index in [0.717, 1.165) is 24.7 Å². The second-order valence-corrected chi connectivity index (χ2v) is 5.08. The van der Waals surface area contributed by atoms with E-state index in [9.17, 15) is 4.79 Å². The molecule has 1 saturated heterocycles. The van der Waals surface area contributed by atoms with Crippen LogP contribution in [0.3, 0.4) is 0 Å². The van der Waals surface area contributed by atoms with Gasteiger partial charge in [-0.15, -0.1) is 0 Å². The molecule has 0 bridgehead atoms. The molecule has 104 valence electrons. The Morgan fingerprint density at radius 1 is 1.32 bits per heavy atom. The molecule has 1 aliphatic rings. The van der Waals surface area contributed by atoms with Crippen molar-refractivity contribution in [3.05, 3.63) is 29.8 Å². The molecule has 1 fully saturated rings. The van der Waals surface area contributed by atoms with E-state index in [2.05, 4.69) is 17.4 Å². The third kappa shape index (κ3) is 3.96. The summed E-state index contributed by atoms with van der Waals surface area (Å²) in [6, 6.07) is 7.44. The summed E-state index contributed by atoms with van der Waals surface area (Å²) in [6.07, 6.45) is 2.46. The first-order valence-corrected chi connectivity index (χ1v) is 6.98. The van der Waals surface area contributed by atoms with Gasteiger partial charge in [-0.3, -0.25) is 0 Å². The summed E-state index contributed by atoms with van der Waals surface area (Å²) in [7, 11) is 0. The molecule has 1 aromatic carbocycles. The number of nitrogens with zero attached hydrogens (tertiary/aromatic N) is 1. The first-order chi connectivity index (χ1) is 9.19. The maximum absolute atomic E-state index is 11.5. The van der Waals surface area contributed by atoms with Crippen molar-refractivity contribution in [3.63, 3.8) is 0 Å². The van der Waals surface area contributed by atoms with Gasteiger partial charge in [0.2, 0.25) is 0 Å². The first-order valence-electron chi connectivity index (χ1n) is 6.98. The predicted octanol–water partition coefficient (Wildman–Crippen LogP) is 2.92. The van der Waals surface area contributed by atoms with Crippen molar-refractivity contribution in [2.75, 3.05) is 25.1 Å². The van der Waals surface area contributed by atoms with Gasteiger partial charge in [0.25, 0.3) is 0 Å². The van der Waals surface area contributed by atoms with Crippen LogP contribution in [0, 0.1) is 5.92 Å². The second-order valence-electron chi connectivity index (χ2n) is 5.08. The van der Waals surface area contributed by atoms with Gasteiger partial charge in [-0.25, -0.2) is 9.80 Å². The van der Waals surface area contributed by atoms with Gasteiger partial charge in [-0.2, -0.15) is 0 Å². The van der Waals surface area contributed by atoms with Crippen LogP contribution in [-0.4, -0.2) is 30.7 Å². The lowest BCUT2D eigenvalue weighted by Gasteiger charge is -2.31. The monoisotopic (exact) mass is 262 g/mol. The lowest BCUT2D eigenvalue weighted by Crippen LogP contribution is -2.37. The van der Waals surface area contributed by atoms with E-state index in [0.29, 0.717) is 12.2 Å². The number of carbonyl (C=O) groups excluding carboxylic acids is 1. The SMILES string of the molecule is CCOC(=O)c1ccc(NN2CCC(C)CC2)cc1. The van der Waals surface area contributed by atoms with E-state index in [1.807, 2.05) is 19.1 Å². The van der Waals surface area contributed by atoms with Crippen LogP contribution in [0.25, 0.3) is 0 Å². The topological polar surface area (TPSA) is 41.6 Å². The highest BCUT2D eigenvalue weighted by atomic mass is 16.5. The average molecular weight is 262 g/mol. The average Bonchev–Trinajstić information content (AvgIpc) is 2.42. The van der Waals surface area contributed by atoms with Crippen molar-refractivity contribution < 1.29 is 9.53 Å². The van der Waals surface area contributed by atoms with Gasteiger partial charge in [0, 0.05) is 18.8 Å². The number of hydrazine groups is 1. The van der Waals surface area contributed by atoms with Crippen LogP contribution >= 0.6 is 0 Å². The minimum Gasteiger partial charge on any atom is -0.462 e. The molecule has 0 amide bonds. The van der Waals surface area contributed by atoms with Crippen LogP contribution in [0.4, 0.5) is 5.69 Å². The number of benzene rings is 1. The molecule has 19 heavy (non-hydrogen) atoms. The number of hydrogen-bond donors (Lipinski definition) is 1. The highest BCUT2D eigenvalue weighted by molar-refractivity contribution is 5.89. The molecule has 0 spiro atoms. The summed E-state index contributed by atoms with van der Waals surface area (Å²) < 4.78 is 4.96. The van der Waals surface area contributed by atoms with Crippen LogP contribution < -0.4 is 5.43 Å². The third-order valence-corrected chi connectivity index (χ3v) is 3.47. The Morgan fingerprint density at radius 3 is 2.53 bits per heavy atom. The first kappa shape index (κ1) is 13.9. The summed E-state index contributed by atoms with van der Waals surface area (Å²) >= 11 is 0. The zero-order valence-electron chi connectivity index (χ0n) is 11.7. The minimum atomic E-state index is -0.263. The Labute approximate surface area is 114 Å². The maximum atomic E-state index is 11.5. The lowest BCUT2D eigenvalue weighted by molar-refractivity contribution is 0.0526. The Kier molecular flexibility index (Phi) is 4.80. The largest absolute Gasteiger partial charge is 0.462 e. The van der Waals surface area contributed by atoms with Crippen molar-refractivity contribution in [3.8, 4) is 0 Å². The summed E-state index contributed by atoms with van der Waals surface area (Å²) in [5.41, 5.74) is 4.99. The van der Waals surface area contributed by atoms with Gasteiger partial charge < -0.3 is 10.2 Å². The molecule has 0 aliphatic carbocycles. The fraction of sp³-hybridized carbons (Fsp3) is 0.533. The van der Waals surface area contributed by atoms with E-state index in [1.54, 1.807) is 12.1 Å². The molecular weight excluding hydrogens is 240 g/mol. The highest BCUT2D eigenvalue weighted by Gasteiger charge is 2.15. The summed E-state index contributed by atoms with van der Waals surface area (Å²) in [6.45, 7) is 6.66. The third-order valence-electron chi connectivity index (χ3n) is 3.47. The van der Waals surface area contributed by atoms with E-state index in [-0.39, 0.29) is 5.97 Å². The van der Waals surface area contributed by atoms with Crippen LogP contribution in [-0.2, 0) is 4.74 Å². The molecule has 0 saturated carbocycles. The zero-order valence-corrected chi connectivity index (χ0v) is 11.7. The smallest absolute Gasteiger partial charge is 0.338 e. The quantitative estimate of drug-likeness (QED) is 0.847. The van der Waals surface area contributed by atoms with E-state index >= 15 is 0 Å². The molecule has 2 rings (SSSR count). The van der Waals surface area contributed by atoms with Crippen molar-refractivity contribution in [2.45, 2.75) is 26.7 Å². The molecule has 4 heteroatoms. The summed E-state index contributed by atoms with van der Waals surface area (Å²) in [5.74, 6) is 0.560. The molecule has 0 unspecified atom stereocenters. The number of nitrogens with one attached hydrogen (secondary N) is 1. The molecule has 0 atom stereocenters. The normalized spacial score (nSPS) is 17.2. The summed E-state index contributed by atoms with van der Waals surface area (Å²) in [4.78, 5) is 11.5. The van der Waals surface area contributed by atoms with Crippen molar-refractivity contribution in [2.24, 2.45) is 5.92 Å². The fourth-order valence-corrected chi connectivity index (χ4v) is 2.20. The number of hydrogen-bond acceptors (Lipinski definition) is 4. The van der Waals surface area contributed by atoms with E-state index in [1.165, 1.54) is 12.8 Å². The summed E-state index contributed by atoms with van der Waals surface area (Å²) in [5, 5.41) is 2.24. The van der Waals surface area contributed by atoms with Gasteiger partial charge in [-0.05, 0) is 49.9 Å². The second kappa shape index (κ2) is 6.57. The number of esters is 1. The van der Waals surface area contributed by atoms with E-state index < -0.39 is 0 Å². The molecule has 4 nitrogen and oxygen atoms in total. The van der Waals surface area contributed by atoms with Crippen molar-refractivity contribution in [1.29, 1.82) is 0 Å². The van der Waals surface area contributed by atoms with Crippen LogP contribution in [0.2, 0.25) is 0 Å². The molecule has 0 aromatic heterocycles. The molecular formula is C15H22N2O2. The number of ether oxygens (including phenoxy) is 1. The predicted molar refractivity (Wildman–Crippen MR) is 76.0 cm³/mol. The van der Waals surface area contributed by atoms with Gasteiger partial charge in [0.1, 0.15) is 0 Å². The van der Waals surface area contributed by atoms with Gasteiger partial charge in [-0.1, -0.05) is 6.92 Å². The Balaban J connectivity index is 1.90. The lowest BCUT2D eigenvalue weighted by atomic mass is 10.0. The van der Waals surface area contributed by atoms with Crippen molar-refractivity contribution >= 4 is 11.7 Å². The Bertz CT molecular complexity index is 409. The van der Waals surface area contributed by atoms with Gasteiger partial charge >= 0.3 is 5.97 Å². The molecule has 1 N–H and O–H groups in total. The van der Waals surface area contributed by atoms with Gasteiger partial charge in [0.05, 0.1) is 12.2 Å². The van der Waals surface area contributed by atoms with Crippen molar-refractivity contribution in [1.82, 2.24) is 5.01 Å².